The van der Waals surface area contributed by atoms with E-state index in [4.69, 9.17) is 0 Å². The molecule has 5 heteroatoms. The summed E-state index contributed by atoms with van der Waals surface area (Å²) in [5.74, 6) is -0.0517. The molecule has 1 unspecified atom stereocenters. The van der Waals surface area contributed by atoms with Crippen LogP contribution in [-0.4, -0.2) is 48.9 Å². The van der Waals surface area contributed by atoms with Gasteiger partial charge in [-0.2, -0.15) is 0 Å². The predicted octanol–water partition coefficient (Wildman–Crippen LogP) is 0.113. The van der Waals surface area contributed by atoms with Crippen molar-refractivity contribution in [3.63, 3.8) is 0 Å². The quantitative estimate of drug-likeness (QED) is 0.702. The van der Waals surface area contributed by atoms with Crippen LogP contribution in [-0.2, 0) is 9.59 Å². The molecule has 1 aliphatic heterocycles. The number of hydrogen-bond acceptors (Lipinski definition) is 3. The number of nitrogens with zero attached hydrogens (tertiary/aromatic N) is 1. The van der Waals surface area contributed by atoms with Crippen LogP contribution in [0.3, 0.4) is 0 Å². The summed E-state index contributed by atoms with van der Waals surface area (Å²) in [5, 5.41) is 6.04. The zero-order valence-electron chi connectivity index (χ0n) is 11.1. The summed E-state index contributed by atoms with van der Waals surface area (Å²) in [7, 11) is 0. The first kappa shape index (κ1) is 13.3. The van der Waals surface area contributed by atoms with Gasteiger partial charge in [0, 0.05) is 25.7 Å². The van der Waals surface area contributed by atoms with E-state index >= 15 is 0 Å². The van der Waals surface area contributed by atoms with E-state index < -0.39 is 5.91 Å². The molecule has 1 aliphatic carbocycles. The van der Waals surface area contributed by atoms with Crippen LogP contribution in [0.5, 0.6) is 0 Å². The van der Waals surface area contributed by atoms with Gasteiger partial charge in [0.1, 0.15) is 0 Å². The number of carbonyl (C=O) groups is 2. The highest BCUT2D eigenvalue weighted by molar-refractivity contribution is 6.35. The monoisotopic (exact) mass is 253 g/mol. The van der Waals surface area contributed by atoms with Crippen molar-refractivity contribution in [2.75, 3.05) is 26.2 Å². The average Bonchev–Trinajstić information content (AvgIpc) is 3.13. The maximum absolute atomic E-state index is 12.0. The first-order valence-corrected chi connectivity index (χ1v) is 6.97. The molecule has 0 aromatic heterocycles. The highest BCUT2D eigenvalue weighted by atomic mass is 16.2. The molecule has 2 rings (SSSR count). The van der Waals surface area contributed by atoms with Crippen LogP contribution in [0, 0.1) is 5.92 Å². The summed E-state index contributed by atoms with van der Waals surface area (Å²) < 4.78 is 0. The second-order valence-electron chi connectivity index (χ2n) is 5.45. The van der Waals surface area contributed by atoms with E-state index in [-0.39, 0.29) is 11.9 Å². The summed E-state index contributed by atoms with van der Waals surface area (Å²) in [4.78, 5) is 25.5. The van der Waals surface area contributed by atoms with Crippen LogP contribution in [0.25, 0.3) is 0 Å². The van der Waals surface area contributed by atoms with Crippen molar-refractivity contribution in [3.8, 4) is 0 Å². The minimum atomic E-state index is -0.440. The van der Waals surface area contributed by atoms with Crippen LogP contribution >= 0.6 is 0 Å². The van der Waals surface area contributed by atoms with Crippen LogP contribution in [0.1, 0.15) is 32.6 Å². The van der Waals surface area contributed by atoms with E-state index in [0.717, 1.165) is 31.8 Å². The van der Waals surface area contributed by atoms with E-state index in [1.165, 1.54) is 12.8 Å². The van der Waals surface area contributed by atoms with Gasteiger partial charge in [-0.25, -0.2) is 0 Å². The van der Waals surface area contributed by atoms with Gasteiger partial charge in [0.25, 0.3) is 0 Å². The lowest BCUT2D eigenvalue weighted by molar-refractivity contribution is -0.146. The Hall–Kier alpha value is -1.10. The summed E-state index contributed by atoms with van der Waals surface area (Å²) in [6.07, 6.45) is 4.45. The Balaban J connectivity index is 1.77. The second kappa shape index (κ2) is 6.18. The average molecular weight is 253 g/mol. The van der Waals surface area contributed by atoms with Gasteiger partial charge in [-0.3, -0.25) is 9.59 Å². The minimum Gasteiger partial charge on any atom is -0.345 e. The predicted molar refractivity (Wildman–Crippen MR) is 69.0 cm³/mol. The third-order valence-corrected chi connectivity index (χ3v) is 3.58. The molecule has 18 heavy (non-hydrogen) atoms. The van der Waals surface area contributed by atoms with E-state index in [1.54, 1.807) is 4.90 Å². The number of amides is 2. The van der Waals surface area contributed by atoms with Crippen molar-refractivity contribution in [1.29, 1.82) is 0 Å². The van der Waals surface area contributed by atoms with Crippen molar-refractivity contribution in [2.45, 2.75) is 38.6 Å². The summed E-state index contributed by atoms with van der Waals surface area (Å²) in [6.45, 7) is 4.98. The van der Waals surface area contributed by atoms with Crippen molar-refractivity contribution in [3.05, 3.63) is 0 Å². The SMILES string of the molecule is CC(CC1CC1)NC(=O)C(=O)N1CCCNCC1. The molecule has 2 N–H and O–H groups in total. The third kappa shape index (κ3) is 3.98. The zero-order valence-corrected chi connectivity index (χ0v) is 11.1. The van der Waals surface area contributed by atoms with Crippen molar-refractivity contribution in [1.82, 2.24) is 15.5 Å². The Morgan fingerprint density at radius 1 is 1.33 bits per heavy atom. The first-order valence-electron chi connectivity index (χ1n) is 6.97. The zero-order chi connectivity index (χ0) is 13.0. The lowest BCUT2D eigenvalue weighted by Gasteiger charge is -2.20. The maximum Gasteiger partial charge on any atom is 0.311 e. The van der Waals surface area contributed by atoms with E-state index in [1.807, 2.05) is 6.92 Å². The maximum atomic E-state index is 12.0. The summed E-state index contributed by atoms with van der Waals surface area (Å²) in [5.41, 5.74) is 0. The fourth-order valence-corrected chi connectivity index (χ4v) is 2.39. The molecule has 0 aromatic carbocycles. The molecule has 2 amide bonds. The Labute approximate surface area is 108 Å². The normalized spacial score (nSPS) is 22.2. The number of nitrogens with one attached hydrogen (secondary N) is 2. The number of rotatable bonds is 3. The Morgan fingerprint density at radius 2 is 2.11 bits per heavy atom. The minimum absolute atomic E-state index is 0.110. The molecule has 1 atom stereocenters. The molecule has 0 aromatic rings. The van der Waals surface area contributed by atoms with E-state index in [2.05, 4.69) is 10.6 Å². The molecule has 5 nitrogen and oxygen atoms in total. The Bertz CT molecular complexity index is 307. The molecule has 102 valence electrons. The first-order chi connectivity index (χ1) is 8.66. The molecule has 0 spiro atoms. The molecule has 2 fully saturated rings. The summed E-state index contributed by atoms with van der Waals surface area (Å²) in [6, 6.07) is 0.110. The van der Waals surface area contributed by atoms with Gasteiger partial charge < -0.3 is 15.5 Å². The molecule has 0 bridgehead atoms. The highest BCUT2D eigenvalue weighted by Gasteiger charge is 2.27. The lowest BCUT2D eigenvalue weighted by Crippen LogP contribution is -2.46. The highest BCUT2D eigenvalue weighted by Crippen LogP contribution is 2.33. The standard InChI is InChI=1S/C13H23N3O2/c1-10(9-11-3-4-11)15-12(17)13(18)16-7-2-5-14-6-8-16/h10-11,14H,2-9H2,1H3,(H,15,17). The van der Waals surface area contributed by atoms with E-state index in [0.29, 0.717) is 13.1 Å². The third-order valence-electron chi connectivity index (χ3n) is 3.58. The van der Waals surface area contributed by atoms with Gasteiger partial charge in [0.05, 0.1) is 0 Å². The lowest BCUT2D eigenvalue weighted by atomic mass is 10.1. The second-order valence-corrected chi connectivity index (χ2v) is 5.45. The fourth-order valence-electron chi connectivity index (χ4n) is 2.39. The van der Waals surface area contributed by atoms with Crippen molar-refractivity contribution in [2.24, 2.45) is 5.92 Å². The molecule has 0 radical (unpaired) electrons. The molecule has 1 saturated carbocycles. The van der Waals surface area contributed by atoms with Gasteiger partial charge in [-0.1, -0.05) is 12.8 Å². The molecule has 1 heterocycles. The van der Waals surface area contributed by atoms with E-state index in [9.17, 15) is 9.59 Å². The topological polar surface area (TPSA) is 61.4 Å². The van der Waals surface area contributed by atoms with Gasteiger partial charge in [0.15, 0.2) is 0 Å². The van der Waals surface area contributed by atoms with Crippen LogP contribution in [0.4, 0.5) is 0 Å². The largest absolute Gasteiger partial charge is 0.345 e. The van der Waals surface area contributed by atoms with Crippen molar-refractivity contribution >= 4 is 11.8 Å². The van der Waals surface area contributed by atoms with Crippen LogP contribution in [0.2, 0.25) is 0 Å². The number of hydrogen-bond donors (Lipinski definition) is 2. The van der Waals surface area contributed by atoms with Gasteiger partial charge in [-0.15, -0.1) is 0 Å². The van der Waals surface area contributed by atoms with Crippen LogP contribution < -0.4 is 10.6 Å². The smallest absolute Gasteiger partial charge is 0.311 e. The fraction of sp³-hybridized carbons (Fsp3) is 0.846. The molecule has 1 saturated heterocycles. The number of carbonyl (C=O) groups excluding carboxylic acids is 2. The van der Waals surface area contributed by atoms with Gasteiger partial charge in [-0.05, 0) is 32.2 Å². The Kier molecular flexibility index (Phi) is 4.58. The van der Waals surface area contributed by atoms with Crippen LogP contribution in [0.15, 0.2) is 0 Å². The van der Waals surface area contributed by atoms with Gasteiger partial charge >= 0.3 is 11.8 Å². The van der Waals surface area contributed by atoms with Crippen molar-refractivity contribution < 1.29 is 9.59 Å². The summed E-state index contributed by atoms with van der Waals surface area (Å²) >= 11 is 0. The molecular formula is C13H23N3O2. The van der Waals surface area contributed by atoms with Gasteiger partial charge in [0.2, 0.25) is 0 Å². The Morgan fingerprint density at radius 3 is 2.83 bits per heavy atom. The molecule has 2 aliphatic rings. The molecular weight excluding hydrogens is 230 g/mol.